The van der Waals surface area contributed by atoms with Crippen LogP contribution in [0.2, 0.25) is 0 Å². The van der Waals surface area contributed by atoms with E-state index in [1.807, 2.05) is 0 Å². The van der Waals surface area contributed by atoms with Gasteiger partial charge in [0.2, 0.25) is 10.0 Å². The standard InChI is InChI=1S/C12H26N2O2S/c1-11(2)13-8-4-10-17(15,16)14-9-3-5-12-6-7-12/h11-14H,3-10H2,1-2H3. The summed E-state index contributed by atoms with van der Waals surface area (Å²) in [5.41, 5.74) is 0. The van der Waals surface area contributed by atoms with E-state index < -0.39 is 10.0 Å². The Morgan fingerprint density at radius 3 is 2.47 bits per heavy atom. The highest BCUT2D eigenvalue weighted by molar-refractivity contribution is 7.89. The van der Waals surface area contributed by atoms with Crippen LogP contribution in [0.1, 0.15) is 46.0 Å². The molecule has 17 heavy (non-hydrogen) atoms. The summed E-state index contributed by atoms with van der Waals surface area (Å²) in [6.07, 6.45) is 5.52. The van der Waals surface area contributed by atoms with Crippen molar-refractivity contribution >= 4 is 10.0 Å². The Labute approximate surface area is 106 Å². The van der Waals surface area contributed by atoms with Gasteiger partial charge >= 0.3 is 0 Å². The second-order valence-corrected chi connectivity index (χ2v) is 7.19. The Hall–Kier alpha value is -0.130. The summed E-state index contributed by atoms with van der Waals surface area (Å²) in [6, 6.07) is 0.421. The molecule has 0 aromatic rings. The molecular weight excluding hydrogens is 236 g/mol. The van der Waals surface area contributed by atoms with Crippen LogP contribution >= 0.6 is 0 Å². The predicted molar refractivity (Wildman–Crippen MR) is 71.5 cm³/mol. The third-order valence-electron chi connectivity index (χ3n) is 2.95. The normalized spacial score (nSPS) is 16.6. The lowest BCUT2D eigenvalue weighted by molar-refractivity contribution is 0.556. The van der Waals surface area contributed by atoms with Crippen molar-refractivity contribution in [2.24, 2.45) is 5.92 Å². The molecule has 4 nitrogen and oxygen atoms in total. The molecule has 1 aliphatic carbocycles. The number of nitrogens with one attached hydrogen (secondary N) is 2. The molecule has 0 saturated heterocycles. The van der Waals surface area contributed by atoms with Crippen LogP contribution in [0.4, 0.5) is 0 Å². The van der Waals surface area contributed by atoms with Gasteiger partial charge in [0, 0.05) is 12.6 Å². The van der Waals surface area contributed by atoms with Crippen molar-refractivity contribution in [3.8, 4) is 0 Å². The molecule has 0 aromatic carbocycles. The summed E-state index contributed by atoms with van der Waals surface area (Å²) in [5.74, 6) is 1.12. The topological polar surface area (TPSA) is 58.2 Å². The monoisotopic (exact) mass is 262 g/mol. The fourth-order valence-corrected chi connectivity index (χ4v) is 2.87. The molecule has 0 aromatic heterocycles. The minimum Gasteiger partial charge on any atom is -0.314 e. The minimum atomic E-state index is -3.05. The minimum absolute atomic E-state index is 0.232. The van der Waals surface area contributed by atoms with Gasteiger partial charge in [-0.05, 0) is 31.7 Å². The van der Waals surface area contributed by atoms with Crippen LogP contribution in [0.15, 0.2) is 0 Å². The first-order valence-corrected chi connectivity index (χ1v) is 8.35. The van der Waals surface area contributed by atoms with E-state index in [4.69, 9.17) is 0 Å². The Morgan fingerprint density at radius 2 is 1.88 bits per heavy atom. The highest BCUT2D eigenvalue weighted by Gasteiger charge is 2.20. The lowest BCUT2D eigenvalue weighted by Crippen LogP contribution is -2.30. The van der Waals surface area contributed by atoms with E-state index in [0.717, 1.165) is 18.9 Å². The van der Waals surface area contributed by atoms with E-state index in [2.05, 4.69) is 23.9 Å². The number of hydrogen-bond acceptors (Lipinski definition) is 3. The Morgan fingerprint density at radius 1 is 1.18 bits per heavy atom. The number of hydrogen-bond donors (Lipinski definition) is 2. The van der Waals surface area contributed by atoms with Gasteiger partial charge in [0.05, 0.1) is 5.75 Å². The van der Waals surface area contributed by atoms with E-state index in [1.54, 1.807) is 0 Å². The maximum atomic E-state index is 11.6. The summed E-state index contributed by atoms with van der Waals surface area (Å²) >= 11 is 0. The van der Waals surface area contributed by atoms with Crippen LogP contribution in [-0.4, -0.2) is 33.3 Å². The van der Waals surface area contributed by atoms with Crippen LogP contribution < -0.4 is 10.0 Å². The van der Waals surface area contributed by atoms with E-state index in [1.165, 1.54) is 19.3 Å². The molecule has 0 aliphatic heterocycles. The van der Waals surface area contributed by atoms with Gasteiger partial charge in [-0.15, -0.1) is 0 Å². The molecular formula is C12H26N2O2S. The van der Waals surface area contributed by atoms with E-state index in [9.17, 15) is 8.42 Å². The van der Waals surface area contributed by atoms with E-state index in [0.29, 0.717) is 19.0 Å². The first-order valence-electron chi connectivity index (χ1n) is 6.70. The molecule has 1 rings (SSSR count). The van der Waals surface area contributed by atoms with Crippen LogP contribution in [-0.2, 0) is 10.0 Å². The molecule has 0 spiro atoms. The van der Waals surface area contributed by atoms with Crippen molar-refractivity contribution in [1.82, 2.24) is 10.0 Å². The first-order chi connectivity index (χ1) is 7.99. The van der Waals surface area contributed by atoms with Crippen molar-refractivity contribution in [2.45, 2.75) is 52.0 Å². The fraction of sp³-hybridized carbons (Fsp3) is 1.00. The maximum absolute atomic E-state index is 11.6. The zero-order valence-corrected chi connectivity index (χ0v) is 11.9. The molecule has 0 bridgehead atoms. The largest absolute Gasteiger partial charge is 0.314 e. The molecule has 1 fully saturated rings. The van der Waals surface area contributed by atoms with Crippen molar-refractivity contribution in [2.75, 3.05) is 18.8 Å². The average Bonchev–Trinajstić information content (AvgIpc) is 3.03. The highest BCUT2D eigenvalue weighted by Crippen LogP contribution is 2.33. The van der Waals surface area contributed by atoms with Gasteiger partial charge in [-0.3, -0.25) is 0 Å². The van der Waals surface area contributed by atoms with Gasteiger partial charge < -0.3 is 5.32 Å². The SMILES string of the molecule is CC(C)NCCCS(=O)(=O)NCCCC1CC1. The molecule has 5 heteroatoms. The molecule has 0 radical (unpaired) electrons. The smallest absolute Gasteiger partial charge is 0.211 e. The van der Waals surface area contributed by atoms with Gasteiger partial charge in [0.15, 0.2) is 0 Å². The molecule has 1 saturated carbocycles. The quantitative estimate of drug-likeness (QED) is 0.586. The van der Waals surface area contributed by atoms with Crippen LogP contribution in [0.25, 0.3) is 0 Å². The molecule has 0 unspecified atom stereocenters. The van der Waals surface area contributed by atoms with Gasteiger partial charge in [-0.1, -0.05) is 26.7 Å². The van der Waals surface area contributed by atoms with Gasteiger partial charge in [0.1, 0.15) is 0 Å². The third kappa shape index (κ3) is 8.57. The Bertz CT molecular complexity index is 282. The van der Waals surface area contributed by atoms with Gasteiger partial charge in [-0.2, -0.15) is 0 Å². The van der Waals surface area contributed by atoms with Crippen LogP contribution in [0.3, 0.4) is 0 Å². The van der Waals surface area contributed by atoms with Crippen molar-refractivity contribution in [3.63, 3.8) is 0 Å². The molecule has 102 valence electrons. The van der Waals surface area contributed by atoms with Crippen molar-refractivity contribution < 1.29 is 8.42 Å². The molecule has 2 N–H and O–H groups in total. The van der Waals surface area contributed by atoms with Crippen molar-refractivity contribution in [3.05, 3.63) is 0 Å². The van der Waals surface area contributed by atoms with Gasteiger partial charge in [-0.25, -0.2) is 13.1 Å². The summed E-state index contributed by atoms with van der Waals surface area (Å²) in [7, 11) is -3.05. The second-order valence-electron chi connectivity index (χ2n) is 5.26. The third-order valence-corrected chi connectivity index (χ3v) is 4.42. The average molecular weight is 262 g/mol. The summed E-state index contributed by atoms with van der Waals surface area (Å²) in [5, 5.41) is 3.22. The molecule has 0 amide bonds. The lowest BCUT2D eigenvalue weighted by atomic mass is 10.2. The van der Waals surface area contributed by atoms with Crippen molar-refractivity contribution in [1.29, 1.82) is 0 Å². The summed E-state index contributed by atoms with van der Waals surface area (Å²) < 4.78 is 25.9. The zero-order chi connectivity index (χ0) is 12.7. The van der Waals surface area contributed by atoms with E-state index in [-0.39, 0.29) is 5.75 Å². The summed E-state index contributed by atoms with van der Waals surface area (Å²) in [6.45, 7) is 5.49. The summed E-state index contributed by atoms with van der Waals surface area (Å²) in [4.78, 5) is 0. The number of sulfonamides is 1. The predicted octanol–water partition coefficient (Wildman–Crippen LogP) is 1.48. The Kier molecular flexibility index (Phi) is 6.44. The Balaban J connectivity index is 1.99. The fourth-order valence-electron chi connectivity index (χ4n) is 1.75. The highest BCUT2D eigenvalue weighted by atomic mass is 32.2. The van der Waals surface area contributed by atoms with Crippen LogP contribution in [0.5, 0.6) is 0 Å². The maximum Gasteiger partial charge on any atom is 0.211 e. The van der Waals surface area contributed by atoms with E-state index >= 15 is 0 Å². The molecule has 0 heterocycles. The zero-order valence-electron chi connectivity index (χ0n) is 11.0. The molecule has 1 aliphatic rings. The number of rotatable bonds is 10. The lowest BCUT2D eigenvalue weighted by Gasteiger charge is -2.09. The molecule has 0 atom stereocenters. The first kappa shape index (κ1) is 14.9. The van der Waals surface area contributed by atoms with Crippen LogP contribution in [0, 0.1) is 5.92 Å². The second kappa shape index (κ2) is 7.34. The van der Waals surface area contributed by atoms with Gasteiger partial charge in [0.25, 0.3) is 0 Å².